The van der Waals surface area contributed by atoms with Crippen molar-refractivity contribution in [2.45, 2.75) is 53.9 Å². The van der Waals surface area contributed by atoms with E-state index in [1.807, 2.05) is 80.9 Å². The van der Waals surface area contributed by atoms with Crippen molar-refractivity contribution in [3.8, 4) is 0 Å². The van der Waals surface area contributed by atoms with E-state index in [-0.39, 0.29) is 0 Å². The van der Waals surface area contributed by atoms with Gasteiger partial charge in [-0.25, -0.2) is 9.13 Å². The highest BCUT2D eigenvalue weighted by Crippen LogP contribution is 2.20. The van der Waals surface area contributed by atoms with Crippen molar-refractivity contribution in [2.24, 2.45) is 20.5 Å². The fourth-order valence-corrected chi connectivity index (χ4v) is 4.00. The highest BCUT2D eigenvalue weighted by molar-refractivity contribution is 5.51. The maximum absolute atomic E-state index is 5.76. The molecular formula is C28H40N12O+2. The first-order valence-electron chi connectivity index (χ1n) is 14.1. The Morgan fingerprint density at radius 3 is 1.41 bits per heavy atom. The summed E-state index contributed by atoms with van der Waals surface area (Å²) in [5, 5.41) is 32.9. The van der Waals surface area contributed by atoms with Crippen LogP contribution in [0.15, 0.2) is 81.6 Å². The molecule has 0 fully saturated rings. The Labute approximate surface area is 240 Å². The van der Waals surface area contributed by atoms with Gasteiger partial charge < -0.3 is 15.4 Å². The number of ether oxygens (including phenoxy) is 1. The second-order valence-electron chi connectivity index (χ2n) is 9.03. The molecule has 0 unspecified atom stereocenters. The van der Waals surface area contributed by atoms with Crippen LogP contribution in [0.3, 0.4) is 0 Å². The van der Waals surface area contributed by atoms with Crippen LogP contribution in [0.2, 0.25) is 0 Å². The molecule has 0 aliphatic carbocycles. The number of aryl methyl sites for hydroxylation is 4. The molecule has 0 bridgehead atoms. The molecule has 2 aromatic carbocycles. The molecule has 2 heterocycles. The van der Waals surface area contributed by atoms with Gasteiger partial charge in [-0.1, -0.05) is 10.2 Å². The Kier molecular flexibility index (Phi) is 11.0. The van der Waals surface area contributed by atoms with E-state index in [1.165, 1.54) is 0 Å². The van der Waals surface area contributed by atoms with Crippen LogP contribution in [0.1, 0.15) is 27.7 Å². The van der Waals surface area contributed by atoms with Crippen LogP contribution >= 0.6 is 0 Å². The number of nitrogens with zero attached hydrogens (tertiary/aromatic N) is 10. The maximum Gasteiger partial charge on any atom is 0.403 e. The first kappa shape index (κ1) is 29.5. The molecule has 0 aliphatic heterocycles. The molecule has 2 N–H and O–H groups in total. The van der Waals surface area contributed by atoms with Gasteiger partial charge >= 0.3 is 11.9 Å². The Bertz CT molecular complexity index is 1260. The third-order valence-electron chi connectivity index (χ3n) is 6.31. The molecule has 0 saturated heterocycles. The minimum Gasteiger partial charge on any atom is -0.383 e. The summed E-state index contributed by atoms with van der Waals surface area (Å²) in [6.07, 6.45) is 3.56. The minimum atomic E-state index is 0.604. The van der Waals surface area contributed by atoms with Crippen LogP contribution in [0.25, 0.3) is 0 Å². The van der Waals surface area contributed by atoms with Gasteiger partial charge in [-0.15, -0.1) is 9.36 Å². The zero-order valence-corrected chi connectivity index (χ0v) is 24.3. The molecule has 0 atom stereocenters. The molecule has 2 aromatic heterocycles. The van der Waals surface area contributed by atoms with Gasteiger partial charge in [-0.05, 0) is 86.4 Å². The van der Waals surface area contributed by atoms with Crippen molar-refractivity contribution >= 4 is 34.6 Å². The van der Waals surface area contributed by atoms with Gasteiger partial charge in [0, 0.05) is 34.7 Å². The Morgan fingerprint density at radius 1 is 0.634 bits per heavy atom. The van der Waals surface area contributed by atoms with Gasteiger partial charge in [0.1, 0.15) is 0 Å². The van der Waals surface area contributed by atoms with Crippen molar-refractivity contribution < 1.29 is 13.9 Å². The largest absolute Gasteiger partial charge is 0.403 e. The van der Waals surface area contributed by atoms with Crippen molar-refractivity contribution in [1.29, 1.82) is 0 Å². The fraction of sp³-hybridized carbons (Fsp3) is 0.429. The average Bonchev–Trinajstić information content (AvgIpc) is 3.62. The molecule has 216 valence electrons. The summed E-state index contributed by atoms with van der Waals surface area (Å²) >= 11 is 0. The van der Waals surface area contributed by atoms with E-state index in [4.69, 9.17) is 4.74 Å². The number of aromatic nitrogens is 6. The summed E-state index contributed by atoms with van der Waals surface area (Å²) < 4.78 is 13.4. The van der Waals surface area contributed by atoms with Crippen molar-refractivity contribution in [3.63, 3.8) is 0 Å². The van der Waals surface area contributed by atoms with Crippen LogP contribution < -0.4 is 19.8 Å². The average molecular weight is 561 g/mol. The third kappa shape index (κ3) is 8.24. The number of hydrogen-bond donors (Lipinski definition) is 2. The van der Waals surface area contributed by atoms with Gasteiger partial charge in [-0.2, -0.15) is 0 Å². The summed E-state index contributed by atoms with van der Waals surface area (Å²) in [4.78, 5) is 0. The van der Waals surface area contributed by atoms with E-state index < -0.39 is 0 Å². The highest BCUT2D eigenvalue weighted by atomic mass is 16.5. The molecular weight excluding hydrogens is 520 g/mol. The molecule has 0 radical (unpaired) electrons. The van der Waals surface area contributed by atoms with Gasteiger partial charge in [0.2, 0.25) is 12.7 Å². The molecule has 0 amide bonds. The summed E-state index contributed by atoms with van der Waals surface area (Å²) in [6.45, 7) is 13.9. The monoisotopic (exact) mass is 560 g/mol. The number of anilines is 2. The predicted molar refractivity (Wildman–Crippen MR) is 157 cm³/mol. The predicted octanol–water partition coefficient (Wildman–Crippen LogP) is 5.11. The second-order valence-corrected chi connectivity index (χ2v) is 9.03. The molecule has 41 heavy (non-hydrogen) atoms. The number of rotatable bonds is 16. The normalized spacial score (nSPS) is 11.6. The molecule has 4 aromatic rings. The highest BCUT2D eigenvalue weighted by Gasteiger charge is 2.16. The van der Waals surface area contributed by atoms with E-state index in [0.717, 1.165) is 60.8 Å². The summed E-state index contributed by atoms with van der Waals surface area (Å²) in [7, 11) is 0. The lowest BCUT2D eigenvalue weighted by atomic mass is 10.3. The van der Waals surface area contributed by atoms with Crippen molar-refractivity contribution in [1.82, 2.24) is 19.6 Å². The van der Waals surface area contributed by atoms with E-state index in [0.29, 0.717) is 26.3 Å². The smallest absolute Gasteiger partial charge is 0.383 e. The lowest BCUT2D eigenvalue weighted by molar-refractivity contribution is -0.681. The first-order valence-corrected chi connectivity index (χ1v) is 14.1. The summed E-state index contributed by atoms with van der Waals surface area (Å²) in [5.41, 5.74) is 3.59. The number of nitrogens with one attached hydrogen (secondary N) is 2. The molecule has 4 rings (SSSR count). The zero-order valence-electron chi connectivity index (χ0n) is 24.3. The fourth-order valence-electron chi connectivity index (χ4n) is 4.00. The van der Waals surface area contributed by atoms with Crippen molar-refractivity contribution in [2.75, 3.05) is 36.9 Å². The number of benzene rings is 2. The lowest BCUT2D eigenvalue weighted by Crippen LogP contribution is -2.30. The third-order valence-corrected chi connectivity index (χ3v) is 6.31. The summed E-state index contributed by atoms with van der Waals surface area (Å²) in [5.74, 6) is 1.48. The standard InChI is InChI=1S/C28H38N12O/c1-5-37-21-31-39(7-3)27(37)35-33-25-13-9-23(10-14-25)29-17-19-41-20-18-30-24-11-15-26(16-12-24)34-36-28-38(6-2)22-32-40(28)8-4/h9-16,21-22H,5-8,17-20H2,1-4H3/p+2. The summed E-state index contributed by atoms with van der Waals surface area (Å²) in [6, 6.07) is 15.7. The molecule has 0 saturated carbocycles. The number of azo groups is 2. The minimum absolute atomic E-state index is 0.604. The van der Waals surface area contributed by atoms with Crippen LogP contribution in [0, 0.1) is 0 Å². The van der Waals surface area contributed by atoms with Crippen LogP contribution in [-0.4, -0.2) is 45.9 Å². The molecule has 0 spiro atoms. The van der Waals surface area contributed by atoms with Gasteiger partial charge in [-0.3, -0.25) is 0 Å². The second kappa shape index (κ2) is 15.3. The van der Waals surface area contributed by atoms with Crippen LogP contribution in [-0.2, 0) is 30.9 Å². The Balaban J connectivity index is 1.13. The maximum atomic E-state index is 5.76. The van der Waals surface area contributed by atoms with Gasteiger partial charge in [0.25, 0.3) is 0 Å². The van der Waals surface area contributed by atoms with Crippen molar-refractivity contribution in [3.05, 3.63) is 61.2 Å². The Hall–Kier alpha value is -4.52. The first-order chi connectivity index (χ1) is 20.1. The molecule has 13 heteroatoms. The topological polar surface area (TPSA) is 126 Å². The van der Waals surface area contributed by atoms with Crippen LogP contribution in [0.4, 0.5) is 34.6 Å². The van der Waals surface area contributed by atoms with E-state index in [2.05, 4.69) is 55.1 Å². The van der Waals surface area contributed by atoms with Crippen LogP contribution in [0.5, 0.6) is 0 Å². The molecule has 13 nitrogen and oxygen atoms in total. The lowest BCUT2D eigenvalue weighted by Gasteiger charge is -2.09. The van der Waals surface area contributed by atoms with E-state index in [9.17, 15) is 0 Å². The molecule has 0 aliphatic rings. The van der Waals surface area contributed by atoms with Gasteiger partial charge in [0.15, 0.2) is 0 Å². The quantitative estimate of drug-likeness (QED) is 0.112. The SMILES string of the molecule is CCn1nc[n+](CC)c1N=Nc1ccc(NCCOCCNc2ccc(N=Nc3n(CC)nc[n+]3CC)cc2)cc1. The zero-order chi connectivity index (χ0) is 28.9. The number of hydrogen-bond acceptors (Lipinski definition) is 9. The van der Waals surface area contributed by atoms with E-state index in [1.54, 1.807) is 12.7 Å². The van der Waals surface area contributed by atoms with Gasteiger partial charge in [0.05, 0.1) is 50.8 Å². The Morgan fingerprint density at radius 2 is 1.05 bits per heavy atom. The van der Waals surface area contributed by atoms with E-state index >= 15 is 0 Å².